The van der Waals surface area contributed by atoms with Crippen LogP contribution in [0.25, 0.3) is 11.1 Å². The summed E-state index contributed by atoms with van der Waals surface area (Å²) in [5.41, 5.74) is 6.03. The number of piperazine rings is 1. The molecule has 59 heavy (non-hydrogen) atoms. The van der Waals surface area contributed by atoms with E-state index in [0.29, 0.717) is 76.0 Å². The number of hydrogen-bond donors (Lipinski definition) is 2. The van der Waals surface area contributed by atoms with Gasteiger partial charge >= 0.3 is 12.2 Å². The lowest BCUT2D eigenvalue weighted by Gasteiger charge is -2.36. The van der Waals surface area contributed by atoms with Gasteiger partial charge in [0.25, 0.3) is 5.91 Å². The van der Waals surface area contributed by atoms with Crippen molar-refractivity contribution in [2.24, 2.45) is 5.92 Å². The van der Waals surface area contributed by atoms with Crippen molar-refractivity contribution in [3.8, 4) is 17.0 Å². The molecule has 0 saturated carbocycles. The van der Waals surface area contributed by atoms with Gasteiger partial charge in [-0.1, -0.05) is 0 Å². The lowest BCUT2D eigenvalue weighted by molar-refractivity contribution is -0.143. The Kier molecular flexibility index (Phi) is 11.6. The number of aromatic nitrogens is 2. The van der Waals surface area contributed by atoms with Crippen LogP contribution in [0.5, 0.6) is 5.88 Å². The van der Waals surface area contributed by atoms with Gasteiger partial charge in [0.2, 0.25) is 17.7 Å². The highest BCUT2D eigenvalue weighted by Gasteiger charge is 2.40. The van der Waals surface area contributed by atoms with Gasteiger partial charge in [-0.25, -0.2) is 9.78 Å². The smallest absolute Gasteiger partial charge is 0.389 e. The third-order valence-electron chi connectivity index (χ3n) is 11.8. The number of benzene rings is 1. The summed E-state index contributed by atoms with van der Waals surface area (Å²) >= 11 is 0. The van der Waals surface area contributed by atoms with Crippen LogP contribution < -0.4 is 25.2 Å². The Morgan fingerprint density at radius 1 is 0.949 bits per heavy atom. The van der Waals surface area contributed by atoms with Crippen LogP contribution in [0.4, 0.5) is 35.0 Å². The average Bonchev–Trinajstić information content (AvgIpc) is 3.82. The fourth-order valence-electron chi connectivity index (χ4n) is 8.60. The van der Waals surface area contributed by atoms with Crippen molar-refractivity contribution in [1.82, 2.24) is 30.0 Å². The van der Waals surface area contributed by atoms with Crippen molar-refractivity contribution >= 4 is 40.8 Å². The zero-order chi connectivity index (χ0) is 41.3. The largest absolute Gasteiger partial charge is 0.475 e. The quantitative estimate of drug-likeness (QED) is 0.285. The normalized spacial score (nSPS) is 21.5. The van der Waals surface area contributed by atoms with Gasteiger partial charge in [0.1, 0.15) is 18.3 Å². The lowest BCUT2D eigenvalue weighted by Crippen LogP contribution is -2.52. The van der Waals surface area contributed by atoms with Crippen LogP contribution in [0.2, 0.25) is 0 Å². The Morgan fingerprint density at radius 3 is 2.51 bits per heavy atom. The Balaban J connectivity index is 0.872. The highest BCUT2D eigenvalue weighted by atomic mass is 19.4. The maximum Gasteiger partial charge on any atom is 0.389 e. The highest BCUT2D eigenvalue weighted by molar-refractivity contribution is 6.05. The number of carbonyl (C=O) groups excluding carboxylic acids is 4. The van der Waals surface area contributed by atoms with E-state index >= 15 is 0 Å². The number of likely N-dealkylation sites (tertiary alicyclic amines) is 1. The van der Waals surface area contributed by atoms with Crippen LogP contribution >= 0.6 is 0 Å². The number of imide groups is 1. The molecule has 18 heteroatoms. The van der Waals surface area contributed by atoms with Crippen LogP contribution in [0, 0.1) is 12.8 Å². The molecule has 5 aliphatic heterocycles. The molecule has 7 heterocycles. The van der Waals surface area contributed by atoms with E-state index in [1.54, 1.807) is 17.3 Å². The lowest BCUT2D eigenvalue weighted by atomic mass is 10.0. The van der Waals surface area contributed by atoms with Crippen LogP contribution in [-0.2, 0) is 20.9 Å². The van der Waals surface area contributed by atoms with Gasteiger partial charge in [-0.15, -0.1) is 0 Å². The van der Waals surface area contributed by atoms with Crippen LogP contribution in [0.1, 0.15) is 47.3 Å². The Hall–Kier alpha value is -5.49. The molecule has 5 aliphatic rings. The van der Waals surface area contributed by atoms with E-state index in [4.69, 9.17) is 14.5 Å². The van der Waals surface area contributed by atoms with Gasteiger partial charge in [-0.05, 0) is 61.6 Å². The first-order valence-electron chi connectivity index (χ1n) is 20.2. The summed E-state index contributed by atoms with van der Waals surface area (Å²) in [6.07, 6.45) is -1.04. The van der Waals surface area contributed by atoms with Crippen molar-refractivity contribution in [3.05, 3.63) is 59.5 Å². The van der Waals surface area contributed by atoms with E-state index in [-0.39, 0.29) is 31.3 Å². The number of halogens is 3. The first-order chi connectivity index (χ1) is 28.4. The van der Waals surface area contributed by atoms with E-state index in [1.807, 2.05) is 37.3 Å². The van der Waals surface area contributed by atoms with Gasteiger partial charge in [0.15, 0.2) is 0 Å². The van der Waals surface area contributed by atoms with Crippen molar-refractivity contribution < 1.29 is 41.8 Å². The summed E-state index contributed by atoms with van der Waals surface area (Å²) in [5, 5.41) is 5.17. The second-order valence-corrected chi connectivity index (χ2v) is 15.8. The number of nitrogens with zero attached hydrogens (tertiary/aromatic N) is 7. The molecule has 15 nitrogen and oxygen atoms in total. The first kappa shape index (κ1) is 40.3. The monoisotopic (exact) mass is 819 g/mol. The van der Waals surface area contributed by atoms with Crippen molar-refractivity contribution in [3.63, 3.8) is 0 Å². The summed E-state index contributed by atoms with van der Waals surface area (Å²) < 4.78 is 50.7. The number of hydrogen-bond acceptors (Lipinski definition) is 11. The van der Waals surface area contributed by atoms with Crippen LogP contribution in [0.3, 0.4) is 0 Å². The first-order valence-corrected chi connectivity index (χ1v) is 20.2. The predicted molar refractivity (Wildman–Crippen MR) is 211 cm³/mol. The fourth-order valence-corrected chi connectivity index (χ4v) is 8.60. The number of ether oxygens (including phenoxy) is 2. The predicted octanol–water partition coefficient (Wildman–Crippen LogP) is 4.06. The van der Waals surface area contributed by atoms with Gasteiger partial charge in [-0.3, -0.25) is 29.6 Å². The number of amides is 5. The molecule has 0 radical (unpaired) electrons. The molecule has 4 fully saturated rings. The maximum absolute atomic E-state index is 13.2. The van der Waals surface area contributed by atoms with E-state index in [0.717, 1.165) is 59.9 Å². The zero-order valence-electron chi connectivity index (χ0n) is 32.9. The molecule has 5 amide bonds. The SMILES string of the molecule is Cc1ncc(NC(=O)N2CC[C@@H](CC(F)(F)F)C2)cc1-c1cnc(OCCN2CCN(c3ccc4c(c3)CN(C3CCC(=O)NC3=O)C4=O)CC2)c(N2CCOCC2)c1. The molecule has 4 saturated heterocycles. The molecule has 3 aromatic rings. The number of aryl methyl sites for hydroxylation is 1. The zero-order valence-corrected chi connectivity index (χ0v) is 32.9. The number of carbonyl (C=O) groups is 4. The summed E-state index contributed by atoms with van der Waals surface area (Å²) in [6.45, 7) is 9.29. The topological polar surface area (TPSA) is 153 Å². The van der Waals surface area contributed by atoms with Gasteiger partial charge in [0.05, 0.1) is 25.1 Å². The number of urea groups is 1. The fraction of sp³-hybridized carbons (Fsp3) is 0.512. The van der Waals surface area contributed by atoms with Gasteiger partial charge in [-0.2, -0.15) is 13.2 Å². The number of alkyl halides is 3. The molecular weight excluding hydrogens is 772 g/mol. The third kappa shape index (κ3) is 9.22. The number of rotatable bonds is 10. The molecule has 0 bridgehead atoms. The second-order valence-electron chi connectivity index (χ2n) is 15.8. The molecule has 2 atom stereocenters. The standard InChI is InChI=1S/C41H48F3N9O6/c1-26-33(20-30(23-45-26)47-40(57)52-7-6-27(24-52)21-41(42,43)44)28-19-35(51-13-15-58-16-14-51)38(46-22-28)59-17-12-49-8-10-50(11-9-49)31-2-3-32-29(18-31)25-53(39(32)56)34-4-5-36(54)48-37(34)55/h2-3,18-20,22-23,27,34H,4-17,21,24-25H2,1H3,(H,47,57)(H,48,54,55)/t27-,34?/m0/s1. The van der Waals surface area contributed by atoms with E-state index < -0.39 is 36.5 Å². The molecule has 0 spiro atoms. The molecule has 2 N–H and O–H groups in total. The Labute approximate surface area is 339 Å². The second kappa shape index (κ2) is 17.0. The maximum atomic E-state index is 13.2. The number of morpholine rings is 1. The number of piperidine rings is 1. The average molecular weight is 820 g/mol. The summed E-state index contributed by atoms with van der Waals surface area (Å²) in [4.78, 5) is 69.3. The molecule has 1 aromatic carbocycles. The van der Waals surface area contributed by atoms with E-state index in [1.165, 1.54) is 4.90 Å². The number of nitrogens with one attached hydrogen (secondary N) is 2. The summed E-state index contributed by atoms with van der Waals surface area (Å²) in [7, 11) is 0. The minimum atomic E-state index is -4.26. The third-order valence-corrected chi connectivity index (χ3v) is 11.8. The summed E-state index contributed by atoms with van der Waals surface area (Å²) in [5.74, 6) is -1.01. The molecular formula is C41H48F3N9O6. The Bertz CT molecular complexity index is 2090. The number of anilines is 3. The molecule has 1 unspecified atom stereocenters. The van der Waals surface area contributed by atoms with E-state index in [9.17, 15) is 32.3 Å². The van der Waals surface area contributed by atoms with Gasteiger partial charge < -0.3 is 34.4 Å². The minimum absolute atomic E-state index is 0.0528. The van der Waals surface area contributed by atoms with E-state index in [2.05, 4.69) is 30.3 Å². The molecule has 0 aliphatic carbocycles. The van der Waals surface area contributed by atoms with Gasteiger partial charge in [0, 0.05) is 113 Å². The van der Waals surface area contributed by atoms with Crippen molar-refractivity contribution in [2.45, 2.75) is 51.4 Å². The summed E-state index contributed by atoms with van der Waals surface area (Å²) in [6, 6.07) is 8.57. The van der Waals surface area contributed by atoms with Crippen LogP contribution in [0.15, 0.2) is 42.7 Å². The van der Waals surface area contributed by atoms with Crippen molar-refractivity contribution in [2.75, 3.05) is 93.8 Å². The van der Waals surface area contributed by atoms with Crippen LogP contribution in [-0.4, -0.2) is 139 Å². The van der Waals surface area contributed by atoms with Crippen molar-refractivity contribution in [1.29, 1.82) is 0 Å². The Morgan fingerprint density at radius 2 is 1.75 bits per heavy atom. The highest BCUT2D eigenvalue weighted by Crippen LogP contribution is 2.35. The number of pyridine rings is 2. The minimum Gasteiger partial charge on any atom is -0.475 e. The molecule has 2 aromatic heterocycles. The molecule has 314 valence electrons. The molecule has 8 rings (SSSR count). The number of fused-ring (bicyclic) bond motifs is 1.